The van der Waals surface area contributed by atoms with E-state index < -0.39 is 0 Å². The number of para-hydroxylation sites is 3. The fourth-order valence-electron chi connectivity index (χ4n) is 9.06. The molecule has 3 nitrogen and oxygen atoms in total. The lowest BCUT2D eigenvalue weighted by Gasteiger charge is -2.29. The number of hydrogen-bond acceptors (Lipinski definition) is 2. The molecular weight excluding hydrogens is 633 g/mol. The van der Waals surface area contributed by atoms with Crippen molar-refractivity contribution in [1.29, 1.82) is 0 Å². The highest BCUT2D eigenvalue weighted by molar-refractivity contribution is 6.24. The van der Waals surface area contributed by atoms with Gasteiger partial charge < -0.3 is 13.9 Å². The van der Waals surface area contributed by atoms with Crippen molar-refractivity contribution in [2.75, 3.05) is 4.90 Å². The number of anilines is 3. The summed E-state index contributed by atoms with van der Waals surface area (Å²) in [6, 6.07) is 61.6. The fourth-order valence-corrected chi connectivity index (χ4v) is 9.06. The summed E-state index contributed by atoms with van der Waals surface area (Å²) in [6.07, 6.45) is 0. The van der Waals surface area contributed by atoms with E-state index in [1.807, 2.05) is 0 Å². The number of rotatable bonds is 4. The molecule has 0 aliphatic heterocycles. The van der Waals surface area contributed by atoms with Gasteiger partial charge in [0.05, 0.1) is 28.1 Å². The van der Waals surface area contributed by atoms with Crippen LogP contribution in [0.1, 0.15) is 25.0 Å². The van der Waals surface area contributed by atoms with Crippen LogP contribution in [0.15, 0.2) is 174 Å². The van der Waals surface area contributed by atoms with Crippen LogP contribution in [0.25, 0.3) is 71.3 Å². The van der Waals surface area contributed by atoms with Crippen LogP contribution in [0.2, 0.25) is 0 Å². The molecule has 0 unspecified atom stereocenters. The van der Waals surface area contributed by atoms with E-state index in [0.717, 1.165) is 50.2 Å². The standard InChI is InChI=1S/C49H34N2O/c1-49(2)38-22-10-8-20-36(38)45-39(49)23-13-24-40(45)51(43-27-12-21-35-34-19-9-11-28-44(34)52-48(35)43)42-26-14-25-41-46(42)37-30-29-31-15-6-7-18-33(31)47(37)50(41)32-16-4-3-5-17-32/h3-30H,1-2H3. The van der Waals surface area contributed by atoms with Crippen molar-refractivity contribution in [2.45, 2.75) is 19.3 Å². The van der Waals surface area contributed by atoms with Crippen LogP contribution in [0.4, 0.5) is 17.1 Å². The average Bonchev–Trinajstić information content (AvgIpc) is 3.82. The van der Waals surface area contributed by atoms with E-state index in [-0.39, 0.29) is 5.41 Å². The third kappa shape index (κ3) is 3.91. The van der Waals surface area contributed by atoms with Gasteiger partial charge in [0, 0.05) is 43.6 Å². The summed E-state index contributed by atoms with van der Waals surface area (Å²) in [6.45, 7) is 4.70. The van der Waals surface area contributed by atoms with Crippen LogP contribution < -0.4 is 4.90 Å². The van der Waals surface area contributed by atoms with Crippen LogP contribution in [0.3, 0.4) is 0 Å². The number of benzene rings is 8. The molecule has 0 amide bonds. The second kappa shape index (κ2) is 10.7. The molecule has 11 rings (SSSR count). The Bertz CT molecular complexity index is 3050. The zero-order valence-electron chi connectivity index (χ0n) is 29.0. The third-order valence-electron chi connectivity index (χ3n) is 11.4. The summed E-state index contributed by atoms with van der Waals surface area (Å²) in [5.74, 6) is 0. The SMILES string of the molecule is CC1(C)c2ccccc2-c2c(N(c3cccc4c3oc3ccccc34)c3cccc4c3c3ccc5ccccc5c3n4-c3ccccc3)cccc21. The van der Waals surface area contributed by atoms with E-state index in [1.165, 1.54) is 49.3 Å². The van der Waals surface area contributed by atoms with Crippen molar-refractivity contribution in [3.63, 3.8) is 0 Å². The fraction of sp³-hybridized carbons (Fsp3) is 0.0612. The quantitative estimate of drug-likeness (QED) is 0.186. The number of aromatic nitrogens is 1. The van der Waals surface area contributed by atoms with Crippen molar-refractivity contribution < 1.29 is 4.42 Å². The Kier molecular flexibility index (Phi) is 6.01. The topological polar surface area (TPSA) is 21.3 Å². The van der Waals surface area contributed by atoms with E-state index in [9.17, 15) is 0 Å². The highest BCUT2D eigenvalue weighted by Gasteiger charge is 2.38. The Morgan fingerprint density at radius 1 is 0.500 bits per heavy atom. The van der Waals surface area contributed by atoms with Crippen molar-refractivity contribution >= 4 is 71.6 Å². The number of nitrogens with zero attached hydrogens (tertiary/aromatic N) is 2. The number of fused-ring (bicyclic) bond motifs is 11. The molecule has 3 heteroatoms. The summed E-state index contributed by atoms with van der Waals surface area (Å²) >= 11 is 0. The lowest BCUT2D eigenvalue weighted by Crippen LogP contribution is -2.16. The molecule has 2 aromatic heterocycles. The Morgan fingerprint density at radius 2 is 1.17 bits per heavy atom. The van der Waals surface area contributed by atoms with E-state index in [4.69, 9.17) is 4.42 Å². The van der Waals surface area contributed by atoms with E-state index in [0.29, 0.717) is 0 Å². The van der Waals surface area contributed by atoms with Gasteiger partial charge in [-0.05, 0) is 64.5 Å². The van der Waals surface area contributed by atoms with Gasteiger partial charge in [0.2, 0.25) is 0 Å². The molecule has 0 N–H and O–H groups in total. The van der Waals surface area contributed by atoms with Crippen molar-refractivity contribution in [3.05, 3.63) is 181 Å². The van der Waals surface area contributed by atoms with Gasteiger partial charge in [-0.25, -0.2) is 0 Å². The van der Waals surface area contributed by atoms with Crippen LogP contribution in [-0.2, 0) is 5.41 Å². The van der Waals surface area contributed by atoms with Gasteiger partial charge in [0.25, 0.3) is 0 Å². The van der Waals surface area contributed by atoms with E-state index >= 15 is 0 Å². The predicted octanol–water partition coefficient (Wildman–Crippen LogP) is 13.6. The second-order valence-corrected chi connectivity index (χ2v) is 14.5. The zero-order valence-corrected chi connectivity index (χ0v) is 29.0. The Hall–Kier alpha value is -6.58. The zero-order chi connectivity index (χ0) is 34.6. The molecule has 52 heavy (non-hydrogen) atoms. The smallest absolute Gasteiger partial charge is 0.159 e. The number of furan rings is 1. The maximum atomic E-state index is 6.82. The van der Waals surface area contributed by atoms with Crippen LogP contribution in [0.5, 0.6) is 0 Å². The monoisotopic (exact) mass is 666 g/mol. The molecule has 1 aliphatic carbocycles. The predicted molar refractivity (Wildman–Crippen MR) is 218 cm³/mol. The van der Waals surface area contributed by atoms with Gasteiger partial charge in [-0.3, -0.25) is 0 Å². The molecule has 246 valence electrons. The Balaban J connectivity index is 1.32. The molecule has 0 spiro atoms. The molecule has 0 atom stereocenters. The van der Waals surface area contributed by atoms with Crippen molar-refractivity contribution in [1.82, 2.24) is 4.57 Å². The summed E-state index contributed by atoms with van der Waals surface area (Å²) in [7, 11) is 0. The number of hydrogen-bond donors (Lipinski definition) is 0. The van der Waals surface area contributed by atoms with Gasteiger partial charge in [-0.1, -0.05) is 141 Å². The maximum absolute atomic E-state index is 6.82. The summed E-state index contributed by atoms with van der Waals surface area (Å²) in [4.78, 5) is 2.48. The molecule has 10 aromatic rings. The first kappa shape index (κ1) is 29.2. The summed E-state index contributed by atoms with van der Waals surface area (Å²) < 4.78 is 9.27. The lowest BCUT2D eigenvalue weighted by molar-refractivity contribution is 0.660. The molecule has 0 fully saturated rings. The molecule has 0 saturated heterocycles. The first-order valence-electron chi connectivity index (χ1n) is 18.0. The van der Waals surface area contributed by atoms with E-state index in [1.54, 1.807) is 0 Å². The van der Waals surface area contributed by atoms with Gasteiger partial charge in [0.15, 0.2) is 5.58 Å². The van der Waals surface area contributed by atoms with E-state index in [2.05, 4.69) is 193 Å². The molecule has 0 saturated carbocycles. The van der Waals surface area contributed by atoms with Crippen molar-refractivity contribution in [3.8, 4) is 16.8 Å². The summed E-state index contributed by atoms with van der Waals surface area (Å²) in [5, 5.41) is 7.09. The minimum atomic E-state index is -0.146. The maximum Gasteiger partial charge on any atom is 0.159 e. The van der Waals surface area contributed by atoms with Gasteiger partial charge in [0.1, 0.15) is 5.58 Å². The summed E-state index contributed by atoms with van der Waals surface area (Å²) in [5.41, 5.74) is 13.6. The Morgan fingerprint density at radius 3 is 2.08 bits per heavy atom. The second-order valence-electron chi connectivity index (χ2n) is 14.5. The van der Waals surface area contributed by atoms with Crippen molar-refractivity contribution in [2.24, 2.45) is 0 Å². The third-order valence-corrected chi connectivity index (χ3v) is 11.4. The largest absolute Gasteiger partial charge is 0.454 e. The highest BCUT2D eigenvalue weighted by Crippen LogP contribution is 2.56. The Labute approximate surface area is 301 Å². The molecular formula is C49H34N2O. The van der Waals surface area contributed by atoms with Crippen LogP contribution in [0, 0.1) is 0 Å². The molecule has 1 aliphatic rings. The lowest BCUT2D eigenvalue weighted by atomic mass is 9.82. The molecule has 0 radical (unpaired) electrons. The first-order chi connectivity index (χ1) is 25.6. The van der Waals surface area contributed by atoms with Crippen LogP contribution in [-0.4, -0.2) is 4.57 Å². The van der Waals surface area contributed by atoms with Gasteiger partial charge >= 0.3 is 0 Å². The minimum Gasteiger partial charge on any atom is -0.454 e. The highest BCUT2D eigenvalue weighted by atomic mass is 16.3. The van der Waals surface area contributed by atoms with Crippen LogP contribution >= 0.6 is 0 Å². The van der Waals surface area contributed by atoms with Gasteiger partial charge in [-0.15, -0.1) is 0 Å². The van der Waals surface area contributed by atoms with Gasteiger partial charge in [-0.2, -0.15) is 0 Å². The molecule has 8 aromatic carbocycles. The first-order valence-corrected chi connectivity index (χ1v) is 18.0. The average molecular weight is 667 g/mol. The molecule has 0 bridgehead atoms. The minimum absolute atomic E-state index is 0.146. The normalized spacial score (nSPS) is 13.3. The molecule has 2 heterocycles.